The van der Waals surface area contributed by atoms with Gasteiger partial charge in [0.05, 0.1) is 22.9 Å². The van der Waals surface area contributed by atoms with E-state index in [1.807, 2.05) is 36.8 Å². The molecule has 0 atom stereocenters. The highest BCUT2D eigenvalue weighted by atomic mass is 32.2. The molecule has 1 aliphatic heterocycles. The molecule has 0 aliphatic carbocycles. The van der Waals surface area contributed by atoms with Crippen LogP contribution >= 0.6 is 11.8 Å². The maximum absolute atomic E-state index is 5.53. The second-order valence-electron chi connectivity index (χ2n) is 7.53. The molecule has 154 valence electrons. The number of pyridine rings is 1. The quantitative estimate of drug-likeness (QED) is 0.429. The van der Waals surface area contributed by atoms with Crippen molar-refractivity contribution < 1.29 is 4.52 Å². The average Bonchev–Trinajstić information content (AvgIpc) is 3.45. The number of rotatable bonds is 6. The van der Waals surface area contributed by atoms with Gasteiger partial charge in [0.25, 0.3) is 5.89 Å². The minimum atomic E-state index is 0.481. The molecule has 1 saturated heterocycles. The standard InChI is InChI=1S/C22H24N6OS/c1-30-22-17(6-5-9-23-22)21-25-20(26-29-21)16-7-8-19-18(14-16)24-15-28(19)13-12-27-10-3-2-4-11-27/h5-9,14-15H,2-4,10-13H2,1H3. The molecule has 30 heavy (non-hydrogen) atoms. The molecule has 0 amide bonds. The molecule has 3 aromatic heterocycles. The number of imidazole rings is 1. The summed E-state index contributed by atoms with van der Waals surface area (Å²) in [6.45, 7) is 4.46. The number of piperidine rings is 1. The molecule has 4 heterocycles. The minimum Gasteiger partial charge on any atom is -0.334 e. The van der Waals surface area contributed by atoms with Crippen molar-refractivity contribution >= 4 is 22.8 Å². The Bertz CT molecular complexity index is 1150. The first kappa shape index (κ1) is 19.3. The molecular formula is C22H24N6OS. The van der Waals surface area contributed by atoms with Crippen LogP contribution in [0.5, 0.6) is 0 Å². The van der Waals surface area contributed by atoms with E-state index in [0.717, 1.165) is 40.3 Å². The van der Waals surface area contributed by atoms with E-state index in [1.165, 1.54) is 32.4 Å². The van der Waals surface area contributed by atoms with Crippen LogP contribution in [0.1, 0.15) is 19.3 Å². The number of thioether (sulfide) groups is 1. The van der Waals surface area contributed by atoms with Gasteiger partial charge >= 0.3 is 0 Å². The Morgan fingerprint density at radius 2 is 1.97 bits per heavy atom. The Kier molecular flexibility index (Phi) is 5.50. The zero-order chi connectivity index (χ0) is 20.3. The number of benzene rings is 1. The fourth-order valence-electron chi connectivity index (χ4n) is 3.98. The van der Waals surface area contributed by atoms with E-state index in [4.69, 9.17) is 4.52 Å². The van der Waals surface area contributed by atoms with Crippen LogP contribution in [0.3, 0.4) is 0 Å². The van der Waals surface area contributed by atoms with Gasteiger partial charge in [0.1, 0.15) is 5.03 Å². The fraction of sp³-hybridized carbons (Fsp3) is 0.364. The van der Waals surface area contributed by atoms with Gasteiger partial charge in [0.2, 0.25) is 5.82 Å². The number of hydrogen-bond acceptors (Lipinski definition) is 7. The molecule has 7 nitrogen and oxygen atoms in total. The van der Waals surface area contributed by atoms with Crippen molar-refractivity contribution in [1.82, 2.24) is 29.6 Å². The van der Waals surface area contributed by atoms with Gasteiger partial charge in [-0.25, -0.2) is 9.97 Å². The van der Waals surface area contributed by atoms with Crippen LogP contribution in [0, 0.1) is 0 Å². The van der Waals surface area contributed by atoms with Crippen molar-refractivity contribution in [2.45, 2.75) is 30.8 Å². The SMILES string of the molecule is CSc1ncccc1-c1nc(-c2ccc3c(c2)ncn3CCN2CCCCC2)no1. The van der Waals surface area contributed by atoms with Gasteiger partial charge in [-0.1, -0.05) is 11.6 Å². The van der Waals surface area contributed by atoms with Gasteiger partial charge in [0.15, 0.2) is 0 Å². The second kappa shape index (κ2) is 8.57. The summed E-state index contributed by atoms with van der Waals surface area (Å²) in [5, 5.41) is 5.06. The lowest BCUT2D eigenvalue weighted by Crippen LogP contribution is -2.32. The van der Waals surface area contributed by atoms with E-state index >= 15 is 0 Å². The van der Waals surface area contributed by atoms with E-state index in [2.05, 4.69) is 35.6 Å². The van der Waals surface area contributed by atoms with Gasteiger partial charge in [-0.3, -0.25) is 0 Å². The van der Waals surface area contributed by atoms with Gasteiger partial charge in [-0.15, -0.1) is 11.8 Å². The summed E-state index contributed by atoms with van der Waals surface area (Å²) in [5.41, 5.74) is 3.83. The molecule has 4 aromatic rings. The molecule has 0 unspecified atom stereocenters. The third-order valence-corrected chi connectivity index (χ3v) is 6.32. The van der Waals surface area contributed by atoms with Gasteiger partial charge in [-0.2, -0.15) is 4.98 Å². The summed E-state index contributed by atoms with van der Waals surface area (Å²) in [4.78, 5) is 16.1. The number of nitrogens with zero attached hydrogens (tertiary/aromatic N) is 6. The molecule has 0 radical (unpaired) electrons. The van der Waals surface area contributed by atoms with Crippen LogP contribution in [-0.2, 0) is 6.54 Å². The van der Waals surface area contributed by atoms with Crippen molar-refractivity contribution in [2.75, 3.05) is 25.9 Å². The Morgan fingerprint density at radius 1 is 1.07 bits per heavy atom. The van der Waals surface area contributed by atoms with E-state index in [-0.39, 0.29) is 0 Å². The third-order valence-electron chi connectivity index (χ3n) is 5.61. The molecule has 0 N–H and O–H groups in total. The summed E-state index contributed by atoms with van der Waals surface area (Å²) >= 11 is 1.56. The van der Waals surface area contributed by atoms with Crippen LogP contribution in [0.15, 0.2) is 52.4 Å². The summed E-state index contributed by atoms with van der Waals surface area (Å²) in [7, 11) is 0. The highest BCUT2D eigenvalue weighted by Crippen LogP contribution is 2.29. The number of aromatic nitrogens is 5. The van der Waals surface area contributed by atoms with E-state index in [0.29, 0.717) is 11.7 Å². The molecule has 1 fully saturated rings. The summed E-state index contributed by atoms with van der Waals surface area (Å²) in [6.07, 6.45) is 9.68. The smallest absolute Gasteiger partial charge is 0.260 e. The largest absolute Gasteiger partial charge is 0.334 e. The molecule has 0 spiro atoms. The molecule has 1 aromatic carbocycles. The molecule has 0 saturated carbocycles. The number of likely N-dealkylation sites (tertiary alicyclic amines) is 1. The normalized spacial score (nSPS) is 15.1. The lowest BCUT2D eigenvalue weighted by Gasteiger charge is -2.26. The van der Waals surface area contributed by atoms with Crippen molar-refractivity contribution in [3.63, 3.8) is 0 Å². The molecule has 5 rings (SSSR count). The third kappa shape index (κ3) is 3.85. The first-order chi connectivity index (χ1) is 14.8. The Balaban J connectivity index is 1.36. The van der Waals surface area contributed by atoms with Gasteiger partial charge < -0.3 is 14.0 Å². The van der Waals surface area contributed by atoms with Crippen LogP contribution in [-0.4, -0.2) is 55.5 Å². The van der Waals surface area contributed by atoms with E-state index in [9.17, 15) is 0 Å². The van der Waals surface area contributed by atoms with Crippen LogP contribution in [0.2, 0.25) is 0 Å². The zero-order valence-corrected chi connectivity index (χ0v) is 17.8. The predicted molar refractivity (Wildman–Crippen MR) is 118 cm³/mol. The minimum absolute atomic E-state index is 0.481. The monoisotopic (exact) mass is 420 g/mol. The van der Waals surface area contributed by atoms with Crippen molar-refractivity contribution in [1.29, 1.82) is 0 Å². The first-order valence-corrected chi connectivity index (χ1v) is 11.5. The van der Waals surface area contributed by atoms with Gasteiger partial charge in [0, 0.05) is 24.8 Å². The molecule has 1 aliphatic rings. The fourth-order valence-corrected chi connectivity index (χ4v) is 4.52. The van der Waals surface area contributed by atoms with E-state index < -0.39 is 0 Å². The van der Waals surface area contributed by atoms with Gasteiger partial charge in [-0.05, 0) is 62.5 Å². The average molecular weight is 421 g/mol. The topological polar surface area (TPSA) is 72.9 Å². The van der Waals surface area contributed by atoms with Crippen molar-refractivity contribution in [3.05, 3.63) is 42.9 Å². The molecule has 8 heteroatoms. The number of hydrogen-bond donors (Lipinski definition) is 0. The Hall–Kier alpha value is -2.71. The highest BCUT2D eigenvalue weighted by Gasteiger charge is 2.16. The second-order valence-corrected chi connectivity index (χ2v) is 8.32. The lowest BCUT2D eigenvalue weighted by molar-refractivity contribution is 0.221. The predicted octanol–water partition coefficient (Wildman–Crippen LogP) is 4.36. The Morgan fingerprint density at radius 3 is 2.83 bits per heavy atom. The van der Waals surface area contributed by atoms with Crippen molar-refractivity contribution in [3.8, 4) is 22.8 Å². The highest BCUT2D eigenvalue weighted by molar-refractivity contribution is 7.98. The van der Waals surface area contributed by atoms with Crippen LogP contribution in [0.4, 0.5) is 0 Å². The number of fused-ring (bicyclic) bond motifs is 1. The van der Waals surface area contributed by atoms with Crippen molar-refractivity contribution in [2.24, 2.45) is 0 Å². The summed E-state index contributed by atoms with van der Waals surface area (Å²) in [6, 6.07) is 9.99. The lowest BCUT2D eigenvalue weighted by atomic mass is 10.1. The van der Waals surface area contributed by atoms with Crippen LogP contribution < -0.4 is 0 Å². The Labute approximate surface area is 179 Å². The zero-order valence-electron chi connectivity index (χ0n) is 17.0. The summed E-state index contributed by atoms with van der Waals surface area (Å²) < 4.78 is 7.76. The molecular weight excluding hydrogens is 396 g/mol. The maximum Gasteiger partial charge on any atom is 0.260 e. The first-order valence-electron chi connectivity index (χ1n) is 10.3. The van der Waals surface area contributed by atoms with E-state index in [1.54, 1.807) is 18.0 Å². The maximum atomic E-state index is 5.53. The molecule has 0 bridgehead atoms. The van der Waals surface area contributed by atoms with Crippen LogP contribution in [0.25, 0.3) is 33.9 Å². The summed E-state index contributed by atoms with van der Waals surface area (Å²) in [5.74, 6) is 1.04.